The van der Waals surface area contributed by atoms with E-state index >= 15 is 0 Å². The zero-order valence-corrected chi connectivity index (χ0v) is 14.7. The van der Waals surface area contributed by atoms with Gasteiger partial charge in [-0.05, 0) is 35.9 Å². The average molecular weight is 384 g/mol. The number of allylic oxidation sites excluding steroid dienone is 1. The summed E-state index contributed by atoms with van der Waals surface area (Å²) in [6, 6.07) is 13.5. The minimum absolute atomic E-state index is 0.430. The lowest BCUT2D eigenvalue weighted by atomic mass is 10.1. The molecule has 1 N–H and O–H groups in total. The van der Waals surface area contributed by atoms with Crippen LogP contribution in [0, 0.1) is 11.3 Å². The molecular weight excluding hydrogens is 370 g/mol. The summed E-state index contributed by atoms with van der Waals surface area (Å²) < 4.78 is 11.4. The van der Waals surface area contributed by atoms with Crippen molar-refractivity contribution in [3.05, 3.63) is 52.3 Å². The summed E-state index contributed by atoms with van der Waals surface area (Å²) in [7, 11) is 3.15. The van der Waals surface area contributed by atoms with E-state index in [1.165, 1.54) is 0 Å². The van der Waals surface area contributed by atoms with Gasteiger partial charge >= 0.3 is 0 Å². The minimum Gasteiger partial charge on any atom is -0.493 e. The highest BCUT2D eigenvalue weighted by Crippen LogP contribution is 2.35. The van der Waals surface area contributed by atoms with Gasteiger partial charge in [0, 0.05) is 4.47 Å². The Hall–Kier alpha value is -2.78. The Balaban J connectivity index is 2.09. The van der Waals surface area contributed by atoms with E-state index < -0.39 is 0 Å². The molecule has 1 aromatic heterocycles. The van der Waals surface area contributed by atoms with Gasteiger partial charge in [-0.25, -0.2) is 4.98 Å². The molecule has 3 aromatic rings. The summed E-state index contributed by atoms with van der Waals surface area (Å²) in [6.07, 6.45) is 1.75. The Morgan fingerprint density at radius 2 is 1.92 bits per heavy atom. The van der Waals surface area contributed by atoms with Crippen LogP contribution in [0.15, 0.2) is 40.9 Å². The first-order valence-corrected chi connectivity index (χ1v) is 7.94. The summed E-state index contributed by atoms with van der Waals surface area (Å²) >= 11 is 3.50. The van der Waals surface area contributed by atoms with Crippen LogP contribution in [0.2, 0.25) is 0 Å². The number of aromatic nitrogens is 2. The number of fused-ring (bicyclic) bond motifs is 1. The Bertz CT molecular complexity index is 937. The quantitative estimate of drug-likeness (QED) is 0.677. The highest BCUT2D eigenvalue weighted by Gasteiger charge is 2.12. The maximum Gasteiger partial charge on any atom is 0.161 e. The van der Waals surface area contributed by atoms with E-state index in [1.54, 1.807) is 26.4 Å². The first-order valence-electron chi connectivity index (χ1n) is 7.14. The van der Waals surface area contributed by atoms with E-state index in [-0.39, 0.29) is 0 Å². The number of benzene rings is 2. The van der Waals surface area contributed by atoms with Crippen molar-refractivity contribution in [1.29, 1.82) is 5.26 Å². The predicted octanol–water partition coefficient (Wildman–Crippen LogP) is 4.41. The molecule has 0 atom stereocenters. The molecule has 5 nitrogen and oxygen atoms in total. The van der Waals surface area contributed by atoms with Gasteiger partial charge in [-0.3, -0.25) is 0 Å². The van der Waals surface area contributed by atoms with Crippen LogP contribution in [-0.4, -0.2) is 24.2 Å². The number of nitrogens with one attached hydrogen (secondary N) is 1. The molecule has 0 unspecified atom stereocenters. The molecule has 2 aromatic carbocycles. The van der Waals surface area contributed by atoms with Crippen LogP contribution in [0.1, 0.15) is 11.4 Å². The van der Waals surface area contributed by atoms with Gasteiger partial charge in [0.15, 0.2) is 11.5 Å². The summed E-state index contributed by atoms with van der Waals surface area (Å²) in [4.78, 5) is 7.63. The molecular formula is C18H14BrN3O2. The Morgan fingerprint density at radius 3 is 2.58 bits per heavy atom. The number of imidazole rings is 1. The molecule has 6 heteroatoms. The van der Waals surface area contributed by atoms with Crippen molar-refractivity contribution in [3.8, 4) is 17.6 Å². The van der Waals surface area contributed by atoms with Gasteiger partial charge in [0.2, 0.25) is 0 Å². The Labute approximate surface area is 147 Å². The molecule has 0 saturated carbocycles. The van der Waals surface area contributed by atoms with Crippen molar-refractivity contribution in [2.75, 3.05) is 14.2 Å². The molecule has 24 heavy (non-hydrogen) atoms. The number of methoxy groups -OCH3 is 2. The smallest absolute Gasteiger partial charge is 0.161 e. The topological polar surface area (TPSA) is 70.9 Å². The highest BCUT2D eigenvalue weighted by molar-refractivity contribution is 9.10. The third-order valence-electron chi connectivity index (χ3n) is 3.57. The Morgan fingerprint density at radius 1 is 1.21 bits per heavy atom. The van der Waals surface area contributed by atoms with Gasteiger partial charge in [0.25, 0.3) is 0 Å². The lowest BCUT2D eigenvalue weighted by Gasteiger charge is -2.10. The van der Waals surface area contributed by atoms with Crippen LogP contribution in [0.4, 0.5) is 0 Å². The number of nitriles is 1. The van der Waals surface area contributed by atoms with Crippen LogP contribution in [0.5, 0.6) is 11.5 Å². The average Bonchev–Trinajstić information content (AvgIpc) is 3.04. The molecule has 0 aliphatic carbocycles. The zero-order chi connectivity index (χ0) is 17.1. The van der Waals surface area contributed by atoms with Gasteiger partial charge in [0.1, 0.15) is 11.9 Å². The fourth-order valence-electron chi connectivity index (χ4n) is 2.37. The summed E-state index contributed by atoms with van der Waals surface area (Å²) in [5, 5.41) is 9.53. The van der Waals surface area contributed by atoms with E-state index in [1.807, 2.05) is 30.3 Å². The van der Waals surface area contributed by atoms with Gasteiger partial charge < -0.3 is 14.5 Å². The number of nitrogens with zero attached hydrogens (tertiary/aromatic N) is 2. The molecule has 0 spiro atoms. The number of rotatable bonds is 4. The molecule has 0 bridgehead atoms. The van der Waals surface area contributed by atoms with Crippen molar-refractivity contribution in [3.63, 3.8) is 0 Å². The normalized spacial score (nSPS) is 11.3. The number of hydrogen-bond acceptors (Lipinski definition) is 4. The van der Waals surface area contributed by atoms with Gasteiger partial charge in [-0.1, -0.05) is 28.1 Å². The van der Waals surface area contributed by atoms with E-state index in [2.05, 4.69) is 32.0 Å². The molecule has 0 aliphatic heterocycles. The minimum atomic E-state index is 0.430. The third kappa shape index (κ3) is 2.99. The van der Waals surface area contributed by atoms with Crippen LogP contribution in [-0.2, 0) is 0 Å². The van der Waals surface area contributed by atoms with E-state index in [4.69, 9.17) is 9.47 Å². The predicted molar refractivity (Wildman–Crippen MR) is 96.8 cm³/mol. The molecule has 1 heterocycles. The summed E-state index contributed by atoms with van der Waals surface area (Å²) in [5.74, 6) is 1.73. The first kappa shape index (κ1) is 16.1. The number of ether oxygens (including phenoxy) is 2. The zero-order valence-electron chi connectivity index (χ0n) is 13.1. The van der Waals surface area contributed by atoms with Crippen LogP contribution in [0.25, 0.3) is 22.7 Å². The second-order valence-corrected chi connectivity index (χ2v) is 5.86. The molecule has 3 rings (SSSR count). The number of para-hydroxylation sites is 2. The van der Waals surface area contributed by atoms with E-state index in [9.17, 15) is 5.26 Å². The molecule has 0 amide bonds. The molecule has 120 valence electrons. The van der Waals surface area contributed by atoms with Gasteiger partial charge in [-0.15, -0.1) is 0 Å². The molecule has 0 radical (unpaired) electrons. The van der Waals surface area contributed by atoms with Crippen molar-refractivity contribution >= 4 is 38.6 Å². The number of H-pyrrole nitrogens is 1. The van der Waals surface area contributed by atoms with Crippen LogP contribution < -0.4 is 9.47 Å². The van der Waals surface area contributed by atoms with E-state index in [0.717, 1.165) is 21.1 Å². The van der Waals surface area contributed by atoms with E-state index in [0.29, 0.717) is 22.9 Å². The molecule has 0 saturated heterocycles. The van der Waals surface area contributed by atoms with Crippen molar-refractivity contribution < 1.29 is 9.47 Å². The van der Waals surface area contributed by atoms with Crippen molar-refractivity contribution in [2.24, 2.45) is 0 Å². The number of hydrogen-bond donors (Lipinski definition) is 1. The fourth-order valence-corrected chi connectivity index (χ4v) is 2.81. The SMILES string of the molecule is COc1cc(Br)c(/C=C(\C#N)c2nc3ccccc3[nH]2)cc1OC. The molecule has 0 aliphatic rings. The summed E-state index contributed by atoms with van der Waals surface area (Å²) in [6.45, 7) is 0. The monoisotopic (exact) mass is 383 g/mol. The van der Waals surface area contributed by atoms with Crippen LogP contribution >= 0.6 is 15.9 Å². The van der Waals surface area contributed by atoms with Gasteiger partial charge in [-0.2, -0.15) is 5.26 Å². The molecule has 0 fully saturated rings. The lowest BCUT2D eigenvalue weighted by molar-refractivity contribution is 0.354. The van der Waals surface area contributed by atoms with Crippen molar-refractivity contribution in [1.82, 2.24) is 9.97 Å². The van der Waals surface area contributed by atoms with Crippen molar-refractivity contribution in [2.45, 2.75) is 0 Å². The number of halogens is 1. The third-order valence-corrected chi connectivity index (χ3v) is 4.25. The maximum absolute atomic E-state index is 9.53. The largest absolute Gasteiger partial charge is 0.493 e. The standard InChI is InChI=1S/C18H14BrN3O2/c1-23-16-8-11(13(19)9-17(16)24-2)7-12(10-20)18-21-14-5-3-4-6-15(14)22-18/h3-9H,1-2H3,(H,21,22)/b12-7+. The Kier molecular flexibility index (Phi) is 4.54. The van der Waals surface area contributed by atoms with Crippen LogP contribution in [0.3, 0.4) is 0 Å². The summed E-state index contributed by atoms with van der Waals surface area (Å²) in [5.41, 5.74) is 2.93. The highest BCUT2D eigenvalue weighted by atomic mass is 79.9. The fraction of sp³-hybridized carbons (Fsp3) is 0.111. The maximum atomic E-state index is 9.53. The second-order valence-electron chi connectivity index (χ2n) is 5.00. The first-order chi connectivity index (χ1) is 11.7. The van der Waals surface area contributed by atoms with Gasteiger partial charge in [0.05, 0.1) is 30.8 Å². The second kappa shape index (κ2) is 6.77. The lowest BCUT2D eigenvalue weighted by Crippen LogP contribution is -1.92. The number of aromatic amines is 1.